The van der Waals surface area contributed by atoms with Crippen LogP contribution in [0.25, 0.3) is 11.6 Å². The second-order valence-electron chi connectivity index (χ2n) is 7.15. The molecule has 1 amide bonds. The maximum atomic E-state index is 13.1. The Bertz CT molecular complexity index is 1200. The summed E-state index contributed by atoms with van der Waals surface area (Å²) in [6.45, 7) is 2.08. The van der Waals surface area contributed by atoms with Crippen molar-refractivity contribution in [2.45, 2.75) is 30.7 Å². The minimum atomic E-state index is -3.85. The maximum Gasteiger partial charge on any atom is 0.322 e. The molecule has 0 bridgehead atoms. The predicted molar refractivity (Wildman–Crippen MR) is 110 cm³/mol. The van der Waals surface area contributed by atoms with Gasteiger partial charge in [-0.25, -0.2) is 8.42 Å². The zero-order valence-electron chi connectivity index (χ0n) is 17.3. The van der Waals surface area contributed by atoms with E-state index < -0.39 is 22.0 Å². The number of aromatic nitrogens is 4. The molecule has 0 saturated carbocycles. The number of benzene rings is 1. The normalized spacial score (nSPS) is 17.1. The van der Waals surface area contributed by atoms with Crippen LogP contribution in [0.3, 0.4) is 0 Å². The molecular weight excluding hydrogens is 424 g/mol. The molecule has 0 spiro atoms. The summed E-state index contributed by atoms with van der Waals surface area (Å²) in [5.41, 5.74) is 1.39. The van der Waals surface area contributed by atoms with Crippen molar-refractivity contribution in [3.63, 3.8) is 0 Å². The molecule has 12 heteroatoms. The van der Waals surface area contributed by atoms with Gasteiger partial charge in [-0.2, -0.15) is 9.40 Å². The van der Waals surface area contributed by atoms with E-state index in [4.69, 9.17) is 9.15 Å². The van der Waals surface area contributed by atoms with E-state index in [1.54, 1.807) is 29.9 Å². The lowest BCUT2D eigenvalue weighted by Crippen LogP contribution is -2.43. The van der Waals surface area contributed by atoms with E-state index in [2.05, 4.69) is 20.6 Å². The van der Waals surface area contributed by atoms with Crippen molar-refractivity contribution in [1.29, 1.82) is 0 Å². The van der Waals surface area contributed by atoms with Gasteiger partial charge in [-0.1, -0.05) is 5.10 Å². The van der Waals surface area contributed by atoms with Crippen molar-refractivity contribution in [1.82, 2.24) is 24.3 Å². The van der Waals surface area contributed by atoms with Crippen LogP contribution in [-0.4, -0.2) is 58.3 Å². The van der Waals surface area contributed by atoms with Crippen LogP contribution in [0.15, 0.2) is 39.6 Å². The lowest BCUT2D eigenvalue weighted by molar-refractivity contribution is -0.119. The number of anilines is 1. The third-order valence-corrected chi connectivity index (χ3v) is 6.97. The number of aryl methyl sites for hydroxylation is 2. The minimum Gasteiger partial charge on any atom is -0.497 e. The SMILES string of the molecule is COc1ccc(S(=O)(=O)N2CCCC2C(=O)Nc2nnc(-c3cc(C)nn3C)o2)cc1. The van der Waals surface area contributed by atoms with E-state index in [1.807, 2.05) is 6.92 Å². The molecule has 2 aromatic heterocycles. The first-order valence-electron chi connectivity index (χ1n) is 9.61. The highest BCUT2D eigenvalue weighted by Gasteiger charge is 2.40. The highest BCUT2D eigenvalue weighted by atomic mass is 32.2. The fourth-order valence-corrected chi connectivity index (χ4v) is 5.21. The van der Waals surface area contributed by atoms with Crippen molar-refractivity contribution in [3.8, 4) is 17.3 Å². The van der Waals surface area contributed by atoms with Crippen LogP contribution in [0, 0.1) is 6.92 Å². The Hall–Kier alpha value is -3.25. The molecule has 4 rings (SSSR count). The summed E-state index contributed by atoms with van der Waals surface area (Å²) < 4.78 is 39.5. The zero-order chi connectivity index (χ0) is 22.2. The number of ether oxygens (including phenoxy) is 1. The molecule has 1 aliphatic rings. The number of rotatable bonds is 6. The van der Waals surface area contributed by atoms with E-state index in [0.29, 0.717) is 24.3 Å². The molecule has 1 saturated heterocycles. The van der Waals surface area contributed by atoms with Gasteiger partial charge in [-0.05, 0) is 50.1 Å². The molecule has 1 N–H and O–H groups in total. The van der Waals surface area contributed by atoms with Crippen molar-refractivity contribution < 1.29 is 22.4 Å². The molecular formula is C19H22N6O5S. The van der Waals surface area contributed by atoms with Crippen LogP contribution in [0.5, 0.6) is 5.75 Å². The number of hydrogen-bond donors (Lipinski definition) is 1. The van der Waals surface area contributed by atoms with Crippen molar-refractivity contribution >= 4 is 21.9 Å². The Morgan fingerprint density at radius 2 is 2.00 bits per heavy atom. The number of sulfonamides is 1. The smallest absolute Gasteiger partial charge is 0.322 e. The van der Waals surface area contributed by atoms with Gasteiger partial charge in [0.15, 0.2) is 0 Å². The van der Waals surface area contributed by atoms with Gasteiger partial charge in [-0.15, -0.1) is 5.10 Å². The molecule has 1 unspecified atom stereocenters. The Labute approximate surface area is 179 Å². The molecule has 1 aliphatic heterocycles. The van der Waals surface area contributed by atoms with Crippen molar-refractivity contribution in [2.75, 3.05) is 19.0 Å². The van der Waals surface area contributed by atoms with Crippen molar-refractivity contribution in [2.24, 2.45) is 7.05 Å². The number of amides is 1. The number of nitrogens with one attached hydrogen (secondary N) is 1. The molecule has 3 aromatic rings. The third kappa shape index (κ3) is 4.03. The second kappa shape index (κ2) is 8.12. The third-order valence-electron chi connectivity index (χ3n) is 5.05. The molecule has 0 aliphatic carbocycles. The molecule has 1 aromatic carbocycles. The van der Waals surface area contributed by atoms with Gasteiger partial charge >= 0.3 is 6.01 Å². The summed E-state index contributed by atoms with van der Waals surface area (Å²) in [6, 6.07) is 6.85. The monoisotopic (exact) mass is 446 g/mol. The fraction of sp³-hybridized carbons (Fsp3) is 0.368. The van der Waals surface area contributed by atoms with Crippen LogP contribution in [-0.2, 0) is 21.9 Å². The summed E-state index contributed by atoms with van der Waals surface area (Å²) in [5, 5.41) is 14.5. The van der Waals surface area contributed by atoms with Gasteiger partial charge in [-0.3, -0.25) is 14.8 Å². The Morgan fingerprint density at radius 1 is 1.26 bits per heavy atom. The Morgan fingerprint density at radius 3 is 2.65 bits per heavy atom. The standard InChI is InChI=1S/C19H22N6O5S/c1-12-11-16(24(2)23-12)18-21-22-19(30-18)20-17(26)15-5-4-10-25(15)31(27,28)14-8-6-13(29-3)7-9-14/h6-9,11,15H,4-5,10H2,1-3H3,(H,20,22,26). The molecule has 31 heavy (non-hydrogen) atoms. The number of carbonyl (C=O) groups is 1. The molecule has 164 valence electrons. The van der Waals surface area contributed by atoms with Gasteiger partial charge in [0.1, 0.15) is 17.5 Å². The number of hydrogen-bond acceptors (Lipinski definition) is 8. The second-order valence-corrected chi connectivity index (χ2v) is 9.04. The average Bonchev–Trinajstić information content (AvgIpc) is 3.48. The summed E-state index contributed by atoms with van der Waals surface area (Å²) in [7, 11) is -0.608. The first-order chi connectivity index (χ1) is 14.8. The van der Waals surface area contributed by atoms with Gasteiger partial charge in [0, 0.05) is 13.6 Å². The van der Waals surface area contributed by atoms with E-state index in [0.717, 1.165) is 5.69 Å². The Kier molecular flexibility index (Phi) is 5.50. The fourth-order valence-electron chi connectivity index (χ4n) is 3.55. The van der Waals surface area contributed by atoms with Gasteiger partial charge in [0.25, 0.3) is 5.89 Å². The van der Waals surface area contributed by atoms with E-state index in [-0.39, 0.29) is 23.3 Å². The summed E-state index contributed by atoms with van der Waals surface area (Å²) >= 11 is 0. The first-order valence-corrected chi connectivity index (χ1v) is 11.0. The topological polar surface area (TPSA) is 132 Å². The van der Waals surface area contributed by atoms with E-state index in [9.17, 15) is 13.2 Å². The first kappa shape index (κ1) is 21.0. The summed E-state index contributed by atoms with van der Waals surface area (Å²) in [6.07, 6.45) is 0.958. The predicted octanol–water partition coefficient (Wildman–Crippen LogP) is 1.58. The molecule has 11 nitrogen and oxygen atoms in total. The minimum absolute atomic E-state index is 0.0969. The maximum absolute atomic E-state index is 13.1. The largest absolute Gasteiger partial charge is 0.497 e. The van der Waals surface area contributed by atoms with E-state index in [1.165, 1.54) is 23.5 Å². The number of methoxy groups -OCH3 is 1. The highest BCUT2D eigenvalue weighted by molar-refractivity contribution is 7.89. The quantitative estimate of drug-likeness (QED) is 0.603. The summed E-state index contributed by atoms with van der Waals surface area (Å²) in [4.78, 5) is 12.9. The highest BCUT2D eigenvalue weighted by Crippen LogP contribution is 2.28. The van der Waals surface area contributed by atoms with Gasteiger partial charge in [0.2, 0.25) is 15.9 Å². The van der Waals surface area contributed by atoms with Crippen LogP contribution in [0.4, 0.5) is 6.01 Å². The summed E-state index contributed by atoms with van der Waals surface area (Å²) in [5.74, 6) is 0.226. The average molecular weight is 446 g/mol. The van der Waals surface area contributed by atoms with E-state index >= 15 is 0 Å². The van der Waals surface area contributed by atoms with Gasteiger partial charge < -0.3 is 9.15 Å². The van der Waals surface area contributed by atoms with Crippen LogP contribution in [0.2, 0.25) is 0 Å². The number of nitrogens with zero attached hydrogens (tertiary/aromatic N) is 5. The molecule has 3 heterocycles. The Balaban J connectivity index is 1.51. The molecule has 1 atom stereocenters. The lowest BCUT2D eigenvalue weighted by Gasteiger charge is -2.22. The lowest BCUT2D eigenvalue weighted by atomic mass is 10.2. The van der Waals surface area contributed by atoms with Crippen molar-refractivity contribution in [3.05, 3.63) is 36.0 Å². The van der Waals surface area contributed by atoms with Gasteiger partial charge in [0.05, 0.1) is 17.7 Å². The number of carbonyl (C=O) groups excluding carboxylic acids is 1. The van der Waals surface area contributed by atoms with Crippen LogP contribution in [0.1, 0.15) is 18.5 Å². The van der Waals surface area contributed by atoms with Crippen LogP contribution < -0.4 is 10.1 Å². The molecule has 1 fully saturated rings. The zero-order valence-corrected chi connectivity index (χ0v) is 18.1. The molecule has 0 radical (unpaired) electrons. The van der Waals surface area contributed by atoms with Crippen LogP contribution >= 0.6 is 0 Å².